The maximum Gasteiger partial charge on any atom is 0.441 e. The summed E-state index contributed by atoms with van der Waals surface area (Å²) in [6.45, 7) is 2.25. The number of rotatable bonds is 6. The first-order valence-electron chi connectivity index (χ1n) is 9.87. The van der Waals surface area contributed by atoms with Gasteiger partial charge in [0.1, 0.15) is 12.4 Å². The summed E-state index contributed by atoms with van der Waals surface area (Å²) in [6.07, 6.45) is -3.39. The summed E-state index contributed by atoms with van der Waals surface area (Å²) in [5.74, 6) is -0.974. The molecule has 0 aromatic heterocycles. The number of amides is 1. The molecule has 12 heteroatoms. The van der Waals surface area contributed by atoms with Gasteiger partial charge in [0.15, 0.2) is 17.3 Å². The average molecular weight is 492 g/mol. The van der Waals surface area contributed by atoms with Gasteiger partial charge in [0.25, 0.3) is 5.91 Å². The van der Waals surface area contributed by atoms with Gasteiger partial charge in [-0.15, -0.1) is 0 Å². The topological polar surface area (TPSA) is 87.3 Å². The first kappa shape index (κ1) is 23.5. The van der Waals surface area contributed by atoms with Crippen molar-refractivity contribution in [1.29, 1.82) is 5.41 Å². The molecule has 0 unspecified atom stereocenters. The Bertz CT molecular complexity index is 1240. The Morgan fingerprint density at radius 2 is 1.85 bits per heavy atom. The van der Waals surface area contributed by atoms with Gasteiger partial charge in [0, 0.05) is 0 Å². The third kappa shape index (κ3) is 4.96. The zero-order valence-corrected chi connectivity index (χ0v) is 18.3. The van der Waals surface area contributed by atoms with Crippen molar-refractivity contribution in [2.75, 3.05) is 6.61 Å². The van der Waals surface area contributed by atoms with Crippen molar-refractivity contribution in [3.8, 4) is 11.5 Å². The minimum Gasteiger partial charge on any atom is -0.490 e. The number of hydrogen-bond donors (Lipinski definition) is 1. The third-order valence-corrected chi connectivity index (χ3v) is 5.54. The lowest BCUT2D eigenvalue weighted by Crippen LogP contribution is -2.35. The summed E-state index contributed by atoms with van der Waals surface area (Å²) < 4.78 is 63.4. The first-order chi connectivity index (χ1) is 16.2. The first-order valence-corrected chi connectivity index (χ1v) is 10.7. The number of alkyl halides is 3. The number of fused-ring (bicyclic) bond motifs is 1. The summed E-state index contributed by atoms with van der Waals surface area (Å²) in [5, 5.41) is 10.7. The zero-order valence-electron chi connectivity index (χ0n) is 17.5. The molecular weight excluding hydrogens is 476 g/mol. The molecule has 2 aromatic rings. The highest BCUT2D eigenvalue weighted by molar-refractivity contribution is 8.27. The second kappa shape index (κ2) is 9.29. The predicted octanol–water partition coefficient (Wildman–Crippen LogP) is 4.98. The van der Waals surface area contributed by atoms with E-state index in [0.717, 1.165) is 5.56 Å². The molecule has 2 aromatic carbocycles. The number of hydrazone groups is 1. The van der Waals surface area contributed by atoms with Gasteiger partial charge < -0.3 is 9.47 Å². The van der Waals surface area contributed by atoms with Crippen LogP contribution in [0.15, 0.2) is 58.1 Å². The summed E-state index contributed by atoms with van der Waals surface area (Å²) >= 11 is 0.187. The lowest BCUT2D eigenvalue weighted by molar-refractivity contribution is -0.114. The summed E-state index contributed by atoms with van der Waals surface area (Å²) in [7, 11) is 0. The number of thioether (sulfide) groups is 1. The van der Waals surface area contributed by atoms with Crippen molar-refractivity contribution in [3.05, 3.63) is 65.0 Å². The van der Waals surface area contributed by atoms with E-state index in [0.29, 0.717) is 28.7 Å². The number of amidine groups is 2. The van der Waals surface area contributed by atoms with Crippen molar-refractivity contribution < 1.29 is 31.8 Å². The Kier molecular flexibility index (Phi) is 6.42. The molecule has 0 aliphatic carbocycles. The van der Waals surface area contributed by atoms with Gasteiger partial charge in [-0.3, -0.25) is 10.2 Å². The second-order valence-electron chi connectivity index (χ2n) is 6.98. The molecule has 2 aliphatic heterocycles. The maximum absolute atomic E-state index is 13.1. The number of aliphatic imine (C=N–C) groups is 1. The van der Waals surface area contributed by atoms with Gasteiger partial charge in [-0.2, -0.15) is 28.3 Å². The van der Waals surface area contributed by atoms with Gasteiger partial charge >= 0.3 is 6.18 Å². The summed E-state index contributed by atoms with van der Waals surface area (Å²) in [4.78, 5) is 16.1. The molecule has 2 heterocycles. The second-order valence-corrected chi connectivity index (χ2v) is 7.93. The van der Waals surface area contributed by atoms with Crippen LogP contribution < -0.4 is 9.47 Å². The van der Waals surface area contributed by atoms with Crippen LogP contribution in [0, 0.1) is 11.2 Å². The summed E-state index contributed by atoms with van der Waals surface area (Å²) in [6, 6.07) is 10.6. The smallest absolute Gasteiger partial charge is 0.441 e. The van der Waals surface area contributed by atoms with Crippen LogP contribution in [0.3, 0.4) is 0 Å². The van der Waals surface area contributed by atoms with Gasteiger partial charge in [-0.1, -0.05) is 18.2 Å². The Balaban J connectivity index is 1.58. The number of ether oxygens (including phenoxy) is 2. The van der Waals surface area contributed by atoms with Crippen LogP contribution >= 0.6 is 11.8 Å². The monoisotopic (exact) mass is 492 g/mol. The minimum atomic E-state index is -4.71. The summed E-state index contributed by atoms with van der Waals surface area (Å²) in [5.41, 5.74) is 0.961. The SMILES string of the molecule is CCOc1cc(/C=C2\C(=N)N3N=C(C(F)(F)F)SC3=NC2=O)ccc1OCc1ccc(F)cc1. The quantitative estimate of drug-likeness (QED) is 0.454. The normalized spacial score (nSPS) is 17.0. The number of carbonyl (C=O) groups excluding carboxylic acids is 1. The number of nitrogens with one attached hydrogen (secondary N) is 1. The molecule has 0 spiro atoms. The standard InChI is InChI=1S/C22H16F4N4O3S/c1-2-32-17-10-13(5-8-16(17)33-11-12-3-6-14(23)7-4-12)9-15-18(27)30-21(28-19(15)31)34-20(29-30)22(24,25)26/h3-10,27H,2,11H2,1H3/b15-9+,27-18?. The van der Waals surface area contributed by atoms with Gasteiger partial charge in [-0.25, -0.2) is 4.39 Å². The molecular formula is C22H16F4N4O3S. The molecule has 2 aliphatic rings. The molecule has 1 N–H and O–H groups in total. The highest BCUT2D eigenvalue weighted by Gasteiger charge is 2.46. The maximum atomic E-state index is 13.1. The molecule has 34 heavy (non-hydrogen) atoms. The van der Waals surface area contributed by atoms with Crippen LogP contribution in [0.1, 0.15) is 18.1 Å². The van der Waals surface area contributed by atoms with Crippen LogP contribution in [0.25, 0.3) is 6.08 Å². The van der Waals surface area contributed by atoms with E-state index in [9.17, 15) is 22.4 Å². The number of halogens is 4. The fourth-order valence-electron chi connectivity index (χ4n) is 3.02. The van der Waals surface area contributed by atoms with Crippen molar-refractivity contribution in [1.82, 2.24) is 5.01 Å². The number of hydrogen-bond acceptors (Lipinski definition) is 6. The Labute approximate surface area is 195 Å². The van der Waals surface area contributed by atoms with E-state index in [2.05, 4.69) is 10.1 Å². The van der Waals surface area contributed by atoms with Gasteiger partial charge in [0.05, 0.1) is 12.2 Å². The lowest BCUT2D eigenvalue weighted by atomic mass is 10.1. The molecule has 0 fully saturated rings. The van der Waals surface area contributed by atoms with E-state index >= 15 is 0 Å². The third-order valence-electron chi connectivity index (χ3n) is 4.58. The molecule has 0 radical (unpaired) electrons. The number of nitrogens with zero attached hydrogens (tertiary/aromatic N) is 3. The van der Waals surface area contributed by atoms with E-state index in [1.165, 1.54) is 18.2 Å². The van der Waals surface area contributed by atoms with E-state index < -0.39 is 23.0 Å². The molecule has 0 bridgehead atoms. The fraction of sp³-hybridized carbons (Fsp3) is 0.182. The van der Waals surface area contributed by atoms with E-state index in [4.69, 9.17) is 14.9 Å². The number of carbonyl (C=O) groups is 1. The average Bonchev–Trinajstić information content (AvgIpc) is 3.22. The molecule has 7 nitrogen and oxygen atoms in total. The van der Waals surface area contributed by atoms with Crippen LogP contribution in [0.4, 0.5) is 17.6 Å². The molecule has 0 saturated heterocycles. The molecule has 4 rings (SSSR count). The Hall–Kier alpha value is -3.67. The van der Waals surface area contributed by atoms with Crippen molar-refractivity contribution in [3.63, 3.8) is 0 Å². The van der Waals surface area contributed by atoms with Crippen molar-refractivity contribution in [2.24, 2.45) is 10.1 Å². The van der Waals surface area contributed by atoms with Crippen LogP contribution in [0.2, 0.25) is 0 Å². The van der Waals surface area contributed by atoms with Crippen LogP contribution in [-0.2, 0) is 11.4 Å². The largest absolute Gasteiger partial charge is 0.490 e. The van der Waals surface area contributed by atoms with Crippen LogP contribution in [0.5, 0.6) is 11.5 Å². The Morgan fingerprint density at radius 3 is 2.53 bits per heavy atom. The van der Waals surface area contributed by atoms with E-state index in [1.807, 2.05) is 0 Å². The Morgan fingerprint density at radius 1 is 1.12 bits per heavy atom. The minimum absolute atomic E-state index is 0.160. The fourth-order valence-corrected chi connectivity index (χ4v) is 3.78. The van der Waals surface area contributed by atoms with Gasteiger partial charge in [0.2, 0.25) is 10.2 Å². The van der Waals surface area contributed by atoms with E-state index in [1.54, 1.807) is 37.3 Å². The van der Waals surface area contributed by atoms with Gasteiger partial charge in [-0.05, 0) is 60.2 Å². The molecule has 0 atom stereocenters. The van der Waals surface area contributed by atoms with Crippen molar-refractivity contribution in [2.45, 2.75) is 19.7 Å². The molecule has 0 saturated carbocycles. The highest BCUT2D eigenvalue weighted by atomic mass is 32.2. The van der Waals surface area contributed by atoms with Crippen LogP contribution in [-0.4, -0.2) is 39.7 Å². The van der Waals surface area contributed by atoms with E-state index in [-0.39, 0.29) is 34.9 Å². The molecule has 1 amide bonds. The highest BCUT2D eigenvalue weighted by Crippen LogP contribution is 2.36. The molecule has 176 valence electrons. The lowest BCUT2D eigenvalue weighted by Gasteiger charge is -2.20. The van der Waals surface area contributed by atoms with Crippen molar-refractivity contribution >= 4 is 39.8 Å². The number of benzene rings is 2. The predicted molar refractivity (Wildman–Crippen MR) is 119 cm³/mol. The zero-order chi connectivity index (χ0) is 24.5.